The summed E-state index contributed by atoms with van der Waals surface area (Å²) in [6.45, 7) is 24.2. The van der Waals surface area contributed by atoms with Crippen molar-refractivity contribution in [2.75, 3.05) is 52.4 Å². The van der Waals surface area contributed by atoms with E-state index in [1.807, 2.05) is 0 Å². The Labute approximate surface area is 210 Å². The van der Waals surface area contributed by atoms with E-state index in [0.717, 1.165) is 0 Å². The molecule has 0 aliphatic carbocycles. The second-order valence-corrected chi connectivity index (χ2v) is 8.05. The normalized spacial score (nSPS) is 11.6. The van der Waals surface area contributed by atoms with Crippen LogP contribution >= 0.6 is 0 Å². The van der Waals surface area contributed by atoms with Crippen molar-refractivity contribution >= 4 is 0 Å². The molecule has 0 aliphatic heterocycles. The number of hydrogen-bond acceptors (Lipinski definition) is 0. The van der Waals surface area contributed by atoms with Gasteiger partial charge in [-0.1, -0.05) is 24.3 Å². The molecular weight excluding hydrogens is 570 g/mol. The first-order valence-corrected chi connectivity index (χ1v) is 11.3. The molecule has 1 aromatic carbocycles. The van der Waals surface area contributed by atoms with E-state index in [0.29, 0.717) is 0 Å². The minimum Gasteiger partial charge on any atom is -1.00 e. The lowest BCUT2D eigenvalue weighted by molar-refractivity contribution is -0.923. The van der Waals surface area contributed by atoms with Gasteiger partial charge in [0.25, 0.3) is 0 Å². The molecular formula is C24H46I2N2. The molecule has 0 heterocycles. The summed E-state index contributed by atoms with van der Waals surface area (Å²) in [6.07, 6.45) is 5.06. The van der Waals surface area contributed by atoms with Gasteiger partial charge >= 0.3 is 0 Å². The fraction of sp³-hybridized carbons (Fsp3) is 0.750. The zero-order valence-electron chi connectivity index (χ0n) is 19.4. The highest BCUT2D eigenvalue weighted by atomic mass is 127. The van der Waals surface area contributed by atoms with Gasteiger partial charge in [-0.15, -0.1) is 0 Å². The van der Waals surface area contributed by atoms with E-state index < -0.39 is 0 Å². The Morgan fingerprint density at radius 1 is 0.500 bits per heavy atom. The summed E-state index contributed by atoms with van der Waals surface area (Å²) >= 11 is 0. The van der Waals surface area contributed by atoms with Crippen LogP contribution in [0.4, 0.5) is 0 Å². The highest BCUT2D eigenvalue weighted by Crippen LogP contribution is 2.14. The van der Waals surface area contributed by atoms with Crippen LogP contribution in [0.5, 0.6) is 0 Å². The average molecular weight is 616 g/mol. The Bertz CT molecular complexity index is 418. The highest BCUT2D eigenvalue weighted by Gasteiger charge is 2.20. The number of halogens is 2. The molecule has 0 unspecified atom stereocenters. The third-order valence-electron chi connectivity index (χ3n) is 7.24. The van der Waals surface area contributed by atoms with Gasteiger partial charge in [-0.3, -0.25) is 0 Å². The average Bonchev–Trinajstić information content (AvgIpc) is 2.70. The minimum absolute atomic E-state index is 0. The Balaban J connectivity index is 0. The second kappa shape index (κ2) is 16.3. The third-order valence-corrected chi connectivity index (χ3v) is 7.24. The van der Waals surface area contributed by atoms with Crippen LogP contribution in [0.2, 0.25) is 0 Å². The summed E-state index contributed by atoms with van der Waals surface area (Å²) in [7, 11) is 0. The minimum atomic E-state index is 0. The zero-order chi connectivity index (χ0) is 19.5. The number of benzene rings is 1. The quantitative estimate of drug-likeness (QED) is 0.192. The van der Waals surface area contributed by atoms with Gasteiger partial charge in [0.1, 0.15) is 0 Å². The summed E-state index contributed by atoms with van der Waals surface area (Å²) < 4.78 is 2.54. The van der Waals surface area contributed by atoms with Gasteiger partial charge < -0.3 is 56.9 Å². The summed E-state index contributed by atoms with van der Waals surface area (Å²) in [6, 6.07) is 9.48. The molecule has 0 fully saturated rings. The maximum atomic E-state index is 2.37. The van der Waals surface area contributed by atoms with Gasteiger partial charge in [-0.25, -0.2) is 0 Å². The topological polar surface area (TPSA) is 0 Å². The lowest BCUT2D eigenvalue weighted by Gasteiger charge is -2.36. The van der Waals surface area contributed by atoms with E-state index in [1.54, 1.807) is 0 Å². The molecule has 0 bridgehead atoms. The predicted octanol–water partition coefficient (Wildman–Crippen LogP) is -0.687. The van der Waals surface area contributed by atoms with Crippen LogP contribution in [0.25, 0.3) is 0 Å². The second-order valence-electron chi connectivity index (χ2n) is 8.05. The van der Waals surface area contributed by atoms with E-state index in [4.69, 9.17) is 0 Å². The zero-order valence-corrected chi connectivity index (χ0v) is 23.8. The fourth-order valence-corrected chi connectivity index (χ4v) is 4.40. The van der Waals surface area contributed by atoms with E-state index in [9.17, 15) is 0 Å². The molecule has 1 rings (SSSR count). The summed E-state index contributed by atoms with van der Waals surface area (Å²) in [5.41, 5.74) is 3.02. The standard InChI is InChI=1S/C24H46N2.2HI/c1-7-25(8-2,9-3)21-13-15-23-17-19-24(20-18-23)16-14-22-26(10-4,11-5)12-6;;/h17-20H,7-16,21-22H2,1-6H3;2*1H/q+2;;/p-2. The molecule has 1 aromatic rings. The molecule has 0 aliphatic rings. The van der Waals surface area contributed by atoms with Crippen molar-refractivity contribution in [3.8, 4) is 0 Å². The number of hydrogen-bond donors (Lipinski definition) is 0. The fourth-order valence-electron chi connectivity index (χ4n) is 4.40. The molecule has 0 amide bonds. The monoisotopic (exact) mass is 616 g/mol. The highest BCUT2D eigenvalue weighted by molar-refractivity contribution is 5.22. The van der Waals surface area contributed by atoms with Crippen molar-refractivity contribution in [2.45, 2.75) is 67.2 Å². The third kappa shape index (κ3) is 9.61. The lowest BCUT2D eigenvalue weighted by Crippen LogP contribution is -3.00. The maximum Gasteiger partial charge on any atom is 0.0789 e. The Morgan fingerprint density at radius 2 is 0.750 bits per heavy atom. The van der Waals surface area contributed by atoms with Gasteiger partial charge in [-0.2, -0.15) is 0 Å². The Kier molecular flexibility index (Phi) is 17.9. The van der Waals surface area contributed by atoms with Gasteiger partial charge in [0, 0.05) is 12.8 Å². The van der Waals surface area contributed by atoms with Crippen molar-refractivity contribution in [1.29, 1.82) is 0 Å². The van der Waals surface area contributed by atoms with Crippen molar-refractivity contribution < 1.29 is 56.9 Å². The van der Waals surface area contributed by atoms with Crippen LogP contribution < -0.4 is 48.0 Å². The number of quaternary nitrogens is 2. The molecule has 4 heteroatoms. The molecule has 166 valence electrons. The van der Waals surface area contributed by atoms with Gasteiger partial charge in [0.15, 0.2) is 0 Å². The predicted molar refractivity (Wildman–Crippen MR) is 117 cm³/mol. The molecule has 2 nitrogen and oxygen atoms in total. The van der Waals surface area contributed by atoms with Crippen molar-refractivity contribution in [1.82, 2.24) is 0 Å². The largest absolute Gasteiger partial charge is 1.00 e. The van der Waals surface area contributed by atoms with Crippen LogP contribution in [0, 0.1) is 0 Å². The molecule has 0 spiro atoms. The maximum absolute atomic E-state index is 2.37. The van der Waals surface area contributed by atoms with Crippen molar-refractivity contribution in [3.05, 3.63) is 35.4 Å². The number of nitrogens with zero attached hydrogens (tertiary/aromatic N) is 2. The molecule has 0 atom stereocenters. The van der Waals surface area contributed by atoms with Crippen LogP contribution in [-0.4, -0.2) is 61.3 Å². The van der Waals surface area contributed by atoms with E-state index in [1.165, 1.54) is 98.1 Å². The van der Waals surface area contributed by atoms with Gasteiger partial charge in [0.05, 0.1) is 52.4 Å². The van der Waals surface area contributed by atoms with E-state index in [-0.39, 0.29) is 48.0 Å². The van der Waals surface area contributed by atoms with Crippen LogP contribution in [0.1, 0.15) is 65.5 Å². The number of aryl methyl sites for hydroxylation is 2. The summed E-state index contributed by atoms with van der Waals surface area (Å²) in [4.78, 5) is 0. The first kappa shape index (κ1) is 30.8. The molecule has 28 heavy (non-hydrogen) atoms. The van der Waals surface area contributed by atoms with Crippen LogP contribution in [0.15, 0.2) is 24.3 Å². The van der Waals surface area contributed by atoms with E-state index in [2.05, 4.69) is 65.8 Å². The van der Waals surface area contributed by atoms with Gasteiger partial charge in [-0.05, 0) is 65.5 Å². The Hall–Kier alpha value is 0.600. The smallest absolute Gasteiger partial charge is 0.0789 e. The molecule has 0 N–H and O–H groups in total. The van der Waals surface area contributed by atoms with E-state index >= 15 is 0 Å². The molecule has 0 saturated heterocycles. The lowest BCUT2D eigenvalue weighted by atomic mass is 10.0. The van der Waals surface area contributed by atoms with Crippen molar-refractivity contribution in [2.24, 2.45) is 0 Å². The summed E-state index contributed by atoms with van der Waals surface area (Å²) in [5, 5.41) is 0. The van der Waals surface area contributed by atoms with Gasteiger partial charge in [0.2, 0.25) is 0 Å². The first-order chi connectivity index (χ1) is 12.5. The summed E-state index contributed by atoms with van der Waals surface area (Å²) in [5.74, 6) is 0. The molecule has 0 aromatic heterocycles. The molecule has 0 radical (unpaired) electrons. The first-order valence-electron chi connectivity index (χ1n) is 11.3. The van der Waals surface area contributed by atoms with Crippen LogP contribution in [-0.2, 0) is 12.8 Å². The van der Waals surface area contributed by atoms with Crippen molar-refractivity contribution in [3.63, 3.8) is 0 Å². The van der Waals surface area contributed by atoms with Crippen LogP contribution in [0.3, 0.4) is 0 Å². The Morgan fingerprint density at radius 3 is 0.964 bits per heavy atom. The molecule has 0 saturated carbocycles. The SMILES string of the molecule is CC[N+](CC)(CC)CCCc1ccc(CCC[N+](CC)(CC)CC)cc1.[I-].[I-]. The number of rotatable bonds is 14.